The van der Waals surface area contributed by atoms with Gasteiger partial charge in [0.05, 0.1) is 0 Å². The van der Waals surface area contributed by atoms with Gasteiger partial charge >= 0.3 is 0 Å². The van der Waals surface area contributed by atoms with Crippen molar-refractivity contribution in [2.45, 2.75) is 25.5 Å². The predicted octanol–water partition coefficient (Wildman–Crippen LogP) is 0.981. The lowest BCUT2D eigenvalue weighted by Crippen LogP contribution is -2.22. The summed E-state index contributed by atoms with van der Waals surface area (Å²) in [4.78, 5) is 0. The van der Waals surface area contributed by atoms with E-state index in [1.54, 1.807) is 11.9 Å². The Kier molecular flexibility index (Phi) is 4.27. The van der Waals surface area contributed by atoms with E-state index < -0.39 is 0 Å². The highest BCUT2D eigenvalue weighted by atomic mass is 32.2. The second-order valence-corrected chi connectivity index (χ2v) is 4.61. The number of nitrogens with two attached hydrogens (primary N) is 1. The third-order valence-corrected chi connectivity index (χ3v) is 1.59. The van der Waals surface area contributed by atoms with Crippen molar-refractivity contribution in [1.82, 2.24) is 4.72 Å². The van der Waals surface area contributed by atoms with Crippen molar-refractivity contribution in [1.29, 1.82) is 0 Å². The van der Waals surface area contributed by atoms with Crippen LogP contribution in [0.1, 0.15) is 20.8 Å². The predicted molar refractivity (Wildman–Crippen MR) is 44.4 cm³/mol. The summed E-state index contributed by atoms with van der Waals surface area (Å²) in [5, 5.41) is 0. The number of rotatable bonds is 3. The molecule has 0 saturated heterocycles. The van der Waals surface area contributed by atoms with Gasteiger partial charge in [-0.1, -0.05) is 11.9 Å². The third kappa shape index (κ3) is 8.27. The van der Waals surface area contributed by atoms with E-state index in [1.807, 2.05) is 0 Å². The van der Waals surface area contributed by atoms with Gasteiger partial charge in [-0.15, -0.1) is 0 Å². The number of hydrogen-bond acceptors (Lipinski definition) is 3. The standard InChI is InChI=1S/C6H16N2S/c1-6(2,3)9-8-5-4-7/h8H,4-5,7H2,1-3H3. The van der Waals surface area contributed by atoms with Crippen molar-refractivity contribution >= 4 is 11.9 Å². The van der Waals surface area contributed by atoms with Gasteiger partial charge in [0.1, 0.15) is 0 Å². The highest BCUT2D eigenvalue weighted by Gasteiger charge is 2.08. The molecule has 0 saturated carbocycles. The van der Waals surface area contributed by atoms with E-state index >= 15 is 0 Å². The molecule has 0 aromatic heterocycles. The maximum Gasteiger partial charge on any atom is 0.0220 e. The molecule has 0 heterocycles. The zero-order chi connectivity index (χ0) is 7.33. The molecule has 0 bridgehead atoms. The minimum Gasteiger partial charge on any atom is -0.329 e. The molecule has 0 aliphatic carbocycles. The molecule has 3 heteroatoms. The van der Waals surface area contributed by atoms with Crippen LogP contribution in [0.25, 0.3) is 0 Å². The van der Waals surface area contributed by atoms with E-state index in [-0.39, 0.29) is 0 Å². The van der Waals surface area contributed by atoms with Gasteiger partial charge < -0.3 is 5.73 Å². The van der Waals surface area contributed by atoms with Crippen LogP contribution >= 0.6 is 11.9 Å². The van der Waals surface area contributed by atoms with Crippen molar-refractivity contribution in [3.05, 3.63) is 0 Å². The molecule has 0 atom stereocenters. The first-order valence-corrected chi connectivity index (χ1v) is 3.99. The van der Waals surface area contributed by atoms with E-state index in [0.29, 0.717) is 11.3 Å². The zero-order valence-corrected chi connectivity index (χ0v) is 7.22. The van der Waals surface area contributed by atoms with E-state index in [0.717, 1.165) is 6.54 Å². The monoisotopic (exact) mass is 148 g/mol. The van der Waals surface area contributed by atoms with Gasteiger partial charge in [-0.25, -0.2) is 0 Å². The van der Waals surface area contributed by atoms with Crippen molar-refractivity contribution in [2.75, 3.05) is 13.1 Å². The summed E-state index contributed by atoms with van der Waals surface area (Å²) in [6.45, 7) is 8.11. The summed E-state index contributed by atoms with van der Waals surface area (Å²) in [6.07, 6.45) is 0. The fourth-order valence-corrected chi connectivity index (χ4v) is 0.979. The first-order valence-electron chi connectivity index (χ1n) is 3.17. The molecule has 0 amide bonds. The lowest BCUT2D eigenvalue weighted by Gasteiger charge is -2.16. The van der Waals surface area contributed by atoms with Crippen molar-refractivity contribution < 1.29 is 0 Å². The van der Waals surface area contributed by atoms with Crippen molar-refractivity contribution in [3.63, 3.8) is 0 Å². The second-order valence-electron chi connectivity index (χ2n) is 2.90. The van der Waals surface area contributed by atoms with Gasteiger partial charge in [0.15, 0.2) is 0 Å². The average Bonchev–Trinajstić information content (AvgIpc) is 1.63. The van der Waals surface area contributed by atoms with E-state index in [1.165, 1.54) is 0 Å². The largest absolute Gasteiger partial charge is 0.329 e. The Hall–Kier alpha value is 0.270. The van der Waals surface area contributed by atoms with Crippen LogP contribution in [0.15, 0.2) is 0 Å². The van der Waals surface area contributed by atoms with Gasteiger partial charge in [-0.2, -0.15) is 0 Å². The highest BCUT2D eigenvalue weighted by Crippen LogP contribution is 2.18. The average molecular weight is 148 g/mol. The zero-order valence-electron chi connectivity index (χ0n) is 6.40. The van der Waals surface area contributed by atoms with Crippen LogP contribution < -0.4 is 10.5 Å². The van der Waals surface area contributed by atoms with Crippen molar-refractivity contribution in [2.24, 2.45) is 5.73 Å². The SMILES string of the molecule is CC(C)(C)SNCCN. The van der Waals surface area contributed by atoms with Crippen LogP contribution in [0.5, 0.6) is 0 Å². The van der Waals surface area contributed by atoms with Crippen LogP contribution in [0.3, 0.4) is 0 Å². The minimum absolute atomic E-state index is 0.301. The minimum atomic E-state index is 0.301. The van der Waals surface area contributed by atoms with E-state index in [9.17, 15) is 0 Å². The Bertz CT molecular complexity index is 67.9. The Morgan fingerprint density at radius 2 is 2.00 bits per heavy atom. The summed E-state index contributed by atoms with van der Waals surface area (Å²) < 4.78 is 3.47. The summed E-state index contributed by atoms with van der Waals surface area (Å²) >= 11 is 1.73. The maximum atomic E-state index is 5.28. The first-order chi connectivity index (χ1) is 4.06. The Labute approximate surface area is 61.7 Å². The smallest absolute Gasteiger partial charge is 0.0220 e. The maximum absolute atomic E-state index is 5.28. The Balaban J connectivity index is 3.07. The molecule has 0 radical (unpaired) electrons. The third-order valence-electron chi connectivity index (χ3n) is 0.625. The van der Waals surface area contributed by atoms with Crippen LogP contribution in [0.2, 0.25) is 0 Å². The van der Waals surface area contributed by atoms with Gasteiger partial charge in [0, 0.05) is 17.8 Å². The summed E-state index contributed by atoms with van der Waals surface area (Å²) in [5.74, 6) is 0. The Morgan fingerprint density at radius 1 is 1.44 bits per heavy atom. The molecule has 0 aromatic rings. The summed E-state index contributed by atoms with van der Waals surface area (Å²) in [5.41, 5.74) is 5.28. The van der Waals surface area contributed by atoms with Gasteiger partial charge in [-0.05, 0) is 20.8 Å². The van der Waals surface area contributed by atoms with Gasteiger partial charge in [-0.3, -0.25) is 4.72 Å². The molecule has 0 rings (SSSR count). The molecule has 0 aliphatic heterocycles. The first kappa shape index (κ1) is 9.27. The molecule has 0 spiro atoms. The Morgan fingerprint density at radius 3 is 2.33 bits per heavy atom. The van der Waals surface area contributed by atoms with E-state index in [4.69, 9.17) is 5.73 Å². The fourth-order valence-electron chi connectivity index (χ4n) is 0.326. The fraction of sp³-hybridized carbons (Fsp3) is 1.00. The summed E-state index contributed by atoms with van der Waals surface area (Å²) in [7, 11) is 0. The number of hydrogen-bond donors (Lipinski definition) is 2. The molecule has 3 N–H and O–H groups in total. The highest BCUT2D eigenvalue weighted by molar-refractivity contribution is 7.98. The molecular formula is C6H16N2S. The van der Waals surface area contributed by atoms with Crippen LogP contribution in [0.4, 0.5) is 0 Å². The lowest BCUT2D eigenvalue weighted by molar-refractivity contribution is 0.786. The molecule has 0 aromatic carbocycles. The van der Waals surface area contributed by atoms with Gasteiger partial charge in [0.2, 0.25) is 0 Å². The molecule has 56 valence electrons. The van der Waals surface area contributed by atoms with Crippen molar-refractivity contribution in [3.8, 4) is 0 Å². The quantitative estimate of drug-likeness (QED) is 0.463. The topological polar surface area (TPSA) is 38.0 Å². The summed E-state index contributed by atoms with van der Waals surface area (Å²) in [6, 6.07) is 0. The second kappa shape index (κ2) is 4.14. The molecule has 2 nitrogen and oxygen atoms in total. The normalized spacial score (nSPS) is 12.0. The van der Waals surface area contributed by atoms with Crippen LogP contribution in [0, 0.1) is 0 Å². The van der Waals surface area contributed by atoms with E-state index in [2.05, 4.69) is 25.5 Å². The molecule has 0 unspecified atom stereocenters. The lowest BCUT2D eigenvalue weighted by atomic mass is 10.3. The van der Waals surface area contributed by atoms with Crippen LogP contribution in [-0.4, -0.2) is 17.8 Å². The molecule has 0 fully saturated rings. The molecule has 0 aliphatic rings. The number of nitrogens with one attached hydrogen (secondary N) is 1. The van der Waals surface area contributed by atoms with Gasteiger partial charge in [0.25, 0.3) is 0 Å². The van der Waals surface area contributed by atoms with Crippen LogP contribution in [-0.2, 0) is 0 Å². The molecular weight excluding hydrogens is 132 g/mol. The molecule has 9 heavy (non-hydrogen) atoms.